The molecule has 2 atom stereocenters. The predicted molar refractivity (Wildman–Crippen MR) is 114 cm³/mol. The van der Waals surface area contributed by atoms with E-state index in [9.17, 15) is 4.79 Å². The number of nitrogen functional groups attached to an aromatic ring is 1. The molecule has 2 bridgehead atoms. The number of nitrogens with zero attached hydrogens (tertiary/aromatic N) is 5. The summed E-state index contributed by atoms with van der Waals surface area (Å²) in [5.41, 5.74) is 8.29. The van der Waals surface area contributed by atoms with Gasteiger partial charge in [-0.3, -0.25) is 9.69 Å². The van der Waals surface area contributed by atoms with E-state index in [1.807, 2.05) is 13.0 Å². The van der Waals surface area contributed by atoms with E-state index >= 15 is 0 Å². The number of rotatable bonds is 3. The lowest BCUT2D eigenvalue weighted by atomic mass is 9.83. The van der Waals surface area contributed by atoms with E-state index in [2.05, 4.69) is 36.5 Å². The Labute approximate surface area is 171 Å². The van der Waals surface area contributed by atoms with E-state index < -0.39 is 0 Å². The van der Waals surface area contributed by atoms with E-state index in [0.717, 1.165) is 57.1 Å². The van der Waals surface area contributed by atoms with Gasteiger partial charge in [0.2, 0.25) is 0 Å². The number of hydrogen-bond acceptors (Lipinski definition) is 6. The molecule has 0 amide bonds. The summed E-state index contributed by atoms with van der Waals surface area (Å²) >= 11 is 0. The highest BCUT2D eigenvalue weighted by atomic mass is 16.1. The standard InChI is InChI=1S/C22H30N6O/c1-15-24-20(23)10-21(25-15)27-11-16-9-18(14-27)19-6-5-17(22(29)28(19)12-16)13-26-7-3-2-4-8-26/h5-6,10,16,18H,2-4,7-9,11-14H2,1H3,(H2,23,24,25)/t16-,18+/m0/s1. The molecule has 7 heteroatoms. The Morgan fingerprint density at radius 2 is 1.93 bits per heavy atom. The van der Waals surface area contributed by atoms with Gasteiger partial charge in [-0.15, -0.1) is 0 Å². The van der Waals surface area contributed by atoms with Crippen molar-refractivity contribution in [2.24, 2.45) is 5.92 Å². The Bertz CT molecular complexity index is 944. The topological polar surface area (TPSA) is 80.3 Å². The van der Waals surface area contributed by atoms with Gasteiger partial charge >= 0.3 is 0 Å². The summed E-state index contributed by atoms with van der Waals surface area (Å²) in [6.45, 7) is 7.48. The Morgan fingerprint density at radius 3 is 2.72 bits per heavy atom. The third kappa shape index (κ3) is 3.64. The summed E-state index contributed by atoms with van der Waals surface area (Å²) in [5, 5.41) is 0. The number of pyridine rings is 1. The van der Waals surface area contributed by atoms with Crippen molar-refractivity contribution in [2.45, 2.75) is 51.6 Å². The summed E-state index contributed by atoms with van der Waals surface area (Å²) in [7, 11) is 0. The molecular weight excluding hydrogens is 364 g/mol. The van der Waals surface area contributed by atoms with Crippen LogP contribution in [0.3, 0.4) is 0 Å². The molecule has 0 aromatic carbocycles. The lowest BCUT2D eigenvalue weighted by molar-refractivity contribution is 0.218. The molecule has 2 saturated heterocycles. The molecular formula is C22H30N6O. The van der Waals surface area contributed by atoms with E-state index in [0.29, 0.717) is 23.5 Å². The van der Waals surface area contributed by atoms with Gasteiger partial charge in [-0.2, -0.15) is 0 Å². The maximum atomic E-state index is 13.2. The van der Waals surface area contributed by atoms with Crippen LogP contribution in [-0.4, -0.2) is 45.6 Å². The number of likely N-dealkylation sites (tertiary alicyclic amines) is 1. The number of fused-ring (bicyclic) bond motifs is 4. The SMILES string of the molecule is Cc1nc(N)cc(N2C[C@@H]3C[C@H](C2)c2ccc(CN4CCCCC4)c(=O)n2C3)n1. The molecule has 7 nitrogen and oxygen atoms in total. The zero-order valence-electron chi connectivity index (χ0n) is 17.2. The lowest BCUT2D eigenvalue weighted by Crippen LogP contribution is -2.48. The minimum atomic E-state index is 0.221. The fourth-order valence-electron chi connectivity index (χ4n) is 5.39. The first kappa shape index (κ1) is 18.6. The molecule has 5 heterocycles. The quantitative estimate of drug-likeness (QED) is 0.859. The summed E-state index contributed by atoms with van der Waals surface area (Å²) in [4.78, 5) is 26.8. The van der Waals surface area contributed by atoms with Crippen LogP contribution in [-0.2, 0) is 13.1 Å². The van der Waals surface area contributed by atoms with Crippen LogP contribution >= 0.6 is 0 Å². The van der Waals surface area contributed by atoms with Gasteiger partial charge in [0.1, 0.15) is 17.5 Å². The molecule has 2 fully saturated rings. The van der Waals surface area contributed by atoms with E-state index in [4.69, 9.17) is 5.73 Å². The molecule has 3 aliphatic rings. The van der Waals surface area contributed by atoms with Crippen molar-refractivity contribution in [1.82, 2.24) is 19.4 Å². The number of hydrogen-bond donors (Lipinski definition) is 1. The Balaban J connectivity index is 1.40. The maximum absolute atomic E-state index is 13.2. The van der Waals surface area contributed by atoms with E-state index in [-0.39, 0.29) is 5.56 Å². The summed E-state index contributed by atoms with van der Waals surface area (Å²) < 4.78 is 2.06. The zero-order valence-corrected chi connectivity index (χ0v) is 17.2. The number of aromatic nitrogens is 3. The third-order valence-electron chi connectivity index (χ3n) is 6.69. The second-order valence-corrected chi connectivity index (χ2v) is 8.94. The van der Waals surface area contributed by atoms with Crippen molar-refractivity contribution >= 4 is 11.6 Å². The van der Waals surface area contributed by atoms with Crippen molar-refractivity contribution < 1.29 is 0 Å². The van der Waals surface area contributed by atoms with Gasteiger partial charge in [0.15, 0.2) is 0 Å². The van der Waals surface area contributed by atoms with Crippen molar-refractivity contribution in [3.8, 4) is 0 Å². The average Bonchev–Trinajstić information content (AvgIpc) is 2.70. The average molecular weight is 395 g/mol. The Kier molecular flexibility index (Phi) is 4.78. The highest BCUT2D eigenvalue weighted by molar-refractivity contribution is 5.48. The van der Waals surface area contributed by atoms with Gasteiger partial charge in [0.25, 0.3) is 5.56 Å². The summed E-state index contributed by atoms with van der Waals surface area (Å²) in [5.74, 6) is 2.94. The minimum absolute atomic E-state index is 0.221. The lowest BCUT2D eigenvalue weighted by Gasteiger charge is -2.43. The molecule has 3 aliphatic heterocycles. The Hall–Kier alpha value is -2.41. The van der Waals surface area contributed by atoms with E-state index in [1.54, 1.807) is 0 Å². The third-order valence-corrected chi connectivity index (χ3v) is 6.69. The molecule has 0 spiro atoms. The number of aryl methyl sites for hydroxylation is 1. The second kappa shape index (κ2) is 7.44. The van der Waals surface area contributed by atoms with Gasteiger partial charge in [0, 0.05) is 49.4 Å². The molecule has 5 rings (SSSR count). The normalized spacial score (nSPS) is 24.4. The van der Waals surface area contributed by atoms with Crippen molar-refractivity contribution in [2.75, 3.05) is 36.8 Å². The van der Waals surface area contributed by atoms with Crippen molar-refractivity contribution in [3.63, 3.8) is 0 Å². The summed E-state index contributed by atoms with van der Waals surface area (Å²) in [6, 6.07) is 6.14. The summed E-state index contributed by atoms with van der Waals surface area (Å²) in [6.07, 6.45) is 4.95. The van der Waals surface area contributed by atoms with Gasteiger partial charge in [-0.05, 0) is 51.3 Å². The van der Waals surface area contributed by atoms with Gasteiger partial charge < -0.3 is 15.2 Å². The smallest absolute Gasteiger partial charge is 0.255 e. The van der Waals surface area contributed by atoms with Gasteiger partial charge in [-0.25, -0.2) is 9.97 Å². The second-order valence-electron chi connectivity index (χ2n) is 8.94. The first-order valence-corrected chi connectivity index (χ1v) is 10.9. The molecule has 154 valence electrons. The minimum Gasteiger partial charge on any atom is -0.384 e. The van der Waals surface area contributed by atoms with Crippen LogP contribution in [0.15, 0.2) is 23.0 Å². The molecule has 2 N–H and O–H groups in total. The molecule has 2 aromatic heterocycles. The Morgan fingerprint density at radius 1 is 1.10 bits per heavy atom. The van der Waals surface area contributed by atoms with Crippen LogP contribution in [0.2, 0.25) is 0 Å². The molecule has 2 aromatic rings. The molecule has 0 radical (unpaired) electrons. The first-order chi connectivity index (χ1) is 14.1. The first-order valence-electron chi connectivity index (χ1n) is 10.9. The number of piperidine rings is 2. The maximum Gasteiger partial charge on any atom is 0.255 e. The van der Waals surface area contributed by atoms with Crippen LogP contribution in [0, 0.1) is 12.8 Å². The highest BCUT2D eigenvalue weighted by Crippen LogP contribution is 2.36. The van der Waals surface area contributed by atoms with Crippen LogP contribution in [0.5, 0.6) is 0 Å². The van der Waals surface area contributed by atoms with Crippen LogP contribution in [0.4, 0.5) is 11.6 Å². The fourth-order valence-corrected chi connectivity index (χ4v) is 5.39. The van der Waals surface area contributed by atoms with Gasteiger partial charge in [-0.1, -0.05) is 12.5 Å². The highest BCUT2D eigenvalue weighted by Gasteiger charge is 2.35. The molecule has 0 saturated carbocycles. The molecule has 0 aliphatic carbocycles. The number of anilines is 2. The van der Waals surface area contributed by atoms with Crippen LogP contribution in [0.1, 0.15) is 48.7 Å². The van der Waals surface area contributed by atoms with E-state index in [1.165, 1.54) is 25.0 Å². The van der Waals surface area contributed by atoms with Gasteiger partial charge in [0.05, 0.1) is 0 Å². The van der Waals surface area contributed by atoms with Crippen molar-refractivity contribution in [1.29, 1.82) is 0 Å². The van der Waals surface area contributed by atoms with Crippen LogP contribution in [0.25, 0.3) is 0 Å². The molecule has 29 heavy (non-hydrogen) atoms. The monoisotopic (exact) mass is 394 g/mol. The fraction of sp³-hybridized carbons (Fsp3) is 0.591. The van der Waals surface area contributed by atoms with Crippen molar-refractivity contribution in [3.05, 3.63) is 45.6 Å². The van der Waals surface area contributed by atoms with Crippen LogP contribution < -0.4 is 16.2 Å². The number of nitrogens with two attached hydrogens (primary N) is 1. The zero-order chi connectivity index (χ0) is 20.0. The molecule has 0 unspecified atom stereocenters. The predicted octanol–water partition coefficient (Wildman–Crippen LogP) is 2.14. The largest absolute Gasteiger partial charge is 0.384 e.